The maximum absolute atomic E-state index is 11.7. The maximum atomic E-state index is 11.7. The molecule has 11 heteroatoms. The molecule has 11 nitrogen and oxygen atoms in total. The van der Waals surface area contributed by atoms with E-state index in [-0.39, 0.29) is 19.6 Å². The number of hydrogen-bond acceptors (Lipinski definition) is 11. The van der Waals surface area contributed by atoms with Gasteiger partial charge in [0.1, 0.15) is 12.7 Å². The quantitative estimate of drug-likeness (QED) is 0.283. The van der Waals surface area contributed by atoms with Crippen molar-refractivity contribution in [2.45, 2.75) is 70.9 Å². The number of aliphatic hydroxyl groups excluding tert-OH is 1. The van der Waals surface area contributed by atoms with E-state index >= 15 is 0 Å². The van der Waals surface area contributed by atoms with Crippen molar-refractivity contribution >= 4 is 23.9 Å². The van der Waals surface area contributed by atoms with Crippen LogP contribution < -0.4 is 0 Å². The molecule has 0 saturated carbocycles. The molecule has 30 heavy (non-hydrogen) atoms. The van der Waals surface area contributed by atoms with Crippen molar-refractivity contribution in [3.05, 3.63) is 12.7 Å². The third-order valence-corrected chi connectivity index (χ3v) is 3.84. The van der Waals surface area contributed by atoms with Gasteiger partial charge < -0.3 is 33.5 Å². The third kappa shape index (κ3) is 8.47. The molecule has 6 atom stereocenters. The molecule has 1 aliphatic rings. The molecular weight excluding hydrogens is 404 g/mol. The van der Waals surface area contributed by atoms with Gasteiger partial charge >= 0.3 is 23.9 Å². The minimum absolute atomic E-state index is 0.222. The Morgan fingerprint density at radius 2 is 1.47 bits per heavy atom. The van der Waals surface area contributed by atoms with Gasteiger partial charge in [0, 0.05) is 27.7 Å². The van der Waals surface area contributed by atoms with Crippen LogP contribution in [0.5, 0.6) is 0 Å². The number of carbonyl (C=O) groups excluding carboxylic acids is 4. The Kier molecular flexibility index (Phi) is 10.4. The summed E-state index contributed by atoms with van der Waals surface area (Å²) in [5.41, 5.74) is 0. The van der Waals surface area contributed by atoms with E-state index in [0.717, 1.165) is 20.8 Å². The van der Waals surface area contributed by atoms with Crippen LogP contribution in [-0.2, 0) is 47.6 Å². The van der Waals surface area contributed by atoms with Gasteiger partial charge in [-0.2, -0.15) is 0 Å². The molecule has 0 aromatic heterocycles. The van der Waals surface area contributed by atoms with Crippen molar-refractivity contribution < 1.29 is 52.7 Å². The average Bonchev–Trinajstić information content (AvgIpc) is 2.61. The largest absolute Gasteiger partial charge is 0.463 e. The molecule has 0 bridgehead atoms. The summed E-state index contributed by atoms with van der Waals surface area (Å²) in [6, 6.07) is 0. The fraction of sp³-hybridized carbons (Fsp3) is 0.684. The first-order valence-corrected chi connectivity index (χ1v) is 9.26. The van der Waals surface area contributed by atoms with E-state index < -0.39 is 60.7 Å². The van der Waals surface area contributed by atoms with Gasteiger partial charge in [-0.15, -0.1) is 6.58 Å². The molecule has 1 N–H and O–H groups in total. The van der Waals surface area contributed by atoms with Crippen molar-refractivity contribution in [3.8, 4) is 0 Å². The summed E-state index contributed by atoms with van der Waals surface area (Å²) in [5.74, 6) is -2.82. The SMILES string of the molecule is C=CC[C@H](O)CO[C@@H]1O[C@H](COC(C)=O)[C@@H](OC(C)=O)[C@H](OC(C)=O)[C@H]1OC(C)=O. The smallest absolute Gasteiger partial charge is 0.303 e. The highest BCUT2D eigenvalue weighted by atomic mass is 16.7. The lowest BCUT2D eigenvalue weighted by Crippen LogP contribution is -2.63. The van der Waals surface area contributed by atoms with Gasteiger partial charge in [0.15, 0.2) is 24.6 Å². The second kappa shape index (κ2) is 12.3. The Morgan fingerprint density at radius 3 is 1.97 bits per heavy atom. The number of aliphatic hydroxyl groups is 1. The second-order valence-electron chi connectivity index (χ2n) is 6.58. The molecule has 0 aromatic carbocycles. The third-order valence-electron chi connectivity index (χ3n) is 3.84. The van der Waals surface area contributed by atoms with Crippen LogP contribution in [0.2, 0.25) is 0 Å². The van der Waals surface area contributed by atoms with E-state index in [4.69, 9.17) is 28.4 Å². The minimum Gasteiger partial charge on any atom is -0.463 e. The van der Waals surface area contributed by atoms with Gasteiger partial charge in [-0.05, 0) is 6.42 Å². The molecule has 0 unspecified atom stereocenters. The summed E-state index contributed by atoms with van der Waals surface area (Å²) < 4.78 is 31.9. The summed E-state index contributed by atoms with van der Waals surface area (Å²) in [6.07, 6.45) is -5.51. The molecule has 0 amide bonds. The Balaban J connectivity index is 3.23. The molecule has 1 heterocycles. The highest BCUT2D eigenvalue weighted by Gasteiger charge is 2.52. The van der Waals surface area contributed by atoms with Crippen LogP contribution >= 0.6 is 0 Å². The summed E-state index contributed by atoms with van der Waals surface area (Å²) in [5, 5.41) is 9.89. The first-order chi connectivity index (χ1) is 14.0. The molecule has 0 aromatic rings. The number of ether oxygens (including phenoxy) is 6. The number of carbonyl (C=O) groups is 4. The second-order valence-corrected chi connectivity index (χ2v) is 6.58. The van der Waals surface area contributed by atoms with Gasteiger partial charge in [-0.3, -0.25) is 19.2 Å². The molecule has 1 fully saturated rings. The summed E-state index contributed by atoms with van der Waals surface area (Å²) >= 11 is 0. The Hall–Kier alpha value is -2.50. The minimum atomic E-state index is -1.32. The predicted octanol–water partition coefficient (Wildman–Crippen LogP) is 0.0231. The van der Waals surface area contributed by atoms with Crippen LogP contribution in [0.1, 0.15) is 34.1 Å². The maximum Gasteiger partial charge on any atom is 0.303 e. The zero-order valence-corrected chi connectivity index (χ0v) is 17.4. The summed E-state index contributed by atoms with van der Waals surface area (Å²) in [4.78, 5) is 46.2. The van der Waals surface area contributed by atoms with Gasteiger partial charge in [0.2, 0.25) is 0 Å². The molecular formula is C19H28O11. The highest BCUT2D eigenvalue weighted by Crippen LogP contribution is 2.30. The van der Waals surface area contributed by atoms with Crippen LogP contribution in [0, 0.1) is 0 Å². The van der Waals surface area contributed by atoms with Gasteiger partial charge in [0.25, 0.3) is 0 Å². The summed E-state index contributed by atoms with van der Waals surface area (Å²) in [7, 11) is 0. The zero-order chi connectivity index (χ0) is 22.8. The van der Waals surface area contributed by atoms with Crippen molar-refractivity contribution in [2.75, 3.05) is 13.2 Å². The van der Waals surface area contributed by atoms with E-state index in [0.29, 0.717) is 0 Å². The topological polar surface area (TPSA) is 144 Å². The molecule has 0 radical (unpaired) electrons. The zero-order valence-electron chi connectivity index (χ0n) is 17.4. The first-order valence-electron chi connectivity index (χ1n) is 9.26. The molecule has 0 aliphatic carbocycles. The van der Waals surface area contributed by atoms with Crippen LogP contribution in [-0.4, -0.2) is 79.0 Å². The van der Waals surface area contributed by atoms with Crippen LogP contribution in [0.3, 0.4) is 0 Å². The Labute approximate surface area is 174 Å². The molecule has 170 valence electrons. The van der Waals surface area contributed by atoms with Crippen molar-refractivity contribution in [1.29, 1.82) is 0 Å². The summed E-state index contributed by atoms with van der Waals surface area (Å²) in [6.45, 7) is 7.49. The highest BCUT2D eigenvalue weighted by molar-refractivity contribution is 5.68. The first kappa shape index (κ1) is 25.5. The monoisotopic (exact) mass is 432 g/mol. The van der Waals surface area contributed by atoms with E-state index in [9.17, 15) is 24.3 Å². The van der Waals surface area contributed by atoms with Crippen LogP contribution in [0.4, 0.5) is 0 Å². The van der Waals surface area contributed by atoms with E-state index in [1.54, 1.807) is 0 Å². The van der Waals surface area contributed by atoms with Crippen LogP contribution in [0.25, 0.3) is 0 Å². The number of esters is 4. The van der Waals surface area contributed by atoms with Crippen molar-refractivity contribution in [2.24, 2.45) is 0 Å². The Bertz CT molecular complexity index is 632. The van der Waals surface area contributed by atoms with Gasteiger partial charge in [0.05, 0.1) is 12.7 Å². The Morgan fingerprint density at radius 1 is 0.933 bits per heavy atom. The lowest BCUT2D eigenvalue weighted by atomic mass is 9.98. The van der Waals surface area contributed by atoms with Gasteiger partial charge in [-0.25, -0.2) is 0 Å². The fourth-order valence-corrected chi connectivity index (χ4v) is 2.79. The van der Waals surface area contributed by atoms with E-state index in [1.807, 2.05) is 0 Å². The van der Waals surface area contributed by atoms with E-state index in [2.05, 4.69) is 6.58 Å². The van der Waals surface area contributed by atoms with Gasteiger partial charge in [-0.1, -0.05) is 6.08 Å². The lowest BCUT2D eigenvalue weighted by molar-refractivity contribution is -0.310. The number of rotatable bonds is 10. The normalized spacial score (nSPS) is 26.8. The average molecular weight is 432 g/mol. The standard InChI is InChI=1S/C19H28O11/c1-6-7-14(24)8-26-19-18(29-13(5)23)17(28-12(4)22)16(27-11(3)21)15(30-19)9-25-10(2)20/h6,14-19,24H,1,7-9H2,2-5H3/t14-,15+,16+,17-,18+,19+/m0/s1. The lowest BCUT2D eigenvalue weighted by Gasteiger charge is -2.44. The van der Waals surface area contributed by atoms with E-state index in [1.165, 1.54) is 13.0 Å². The molecule has 0 spiro atoms. The fourth-order valence-electron chi connectivity index (χ4n) is 2.79. The van der Waals surface area contributed by atoms with Crippen molar-refractivity contribution in [3.63, 3.8) is 0 Å². The predicted molar refractivity (Wildman–Crippen MR) is 98.7 cm³/mol. The molecule has 1 saturated heterocycles. The van der Waals surface area contributed by atoms with Crippen LogP contribution in [0.15, 0.2) is 12.7 Å². The van der Waals surface area contributed by atoms with Crippen molar-refractivity contribution in [1.82, 2.24) is 0 Å². The molecule has 1 rings (SSSR count). The molecule has 1 aliphatic heterocycles. The number of hydrogen-bond donors (Lipinski definition) is 1.